The number of hydrogen-bond donors (Lipinski definition) is 1. The van der Waals surface area contributed by atoms with Crippen molar-refractivity contribution in [2.45, 2.75) is 20.0 Å². The van der Waals surface area contributed by atoms with Crippen molar-refractivity contribution in [2.24, 2.45) is 0 Å². The van der Waals surface area contributed by atoms with E-state index < -0.39 is 30.4 Å². The minimum atomic E-state index is -0.966. The molecule has 1 N–H and O–H groups in total. The molecule has 1 aromatic heterocycles. The van der Waals surface area contributed by atoms with E-state index in [1.54, 1.807) is 6.07 Å². The van der Waals surface area contributed by atoms with E-state index >= 15 is 0 Å². The van der Waals surface area contributed by atoms with Gasteiger partial charge in [-0.3, -0.25) is 10.1 Å². The van der Waals surface area contributed by atoms with Gasteiger partial charge in [-0.25, -0.2) is 9.18 Å². The number of nitrogens with one attached hydrogen (secondary N) is 1. The molecule has 0 bridgehead atoms. The molecule has 0 radical (unpaired) electrons. The Labute approximate surface area is 166 Å². The Bertz CT molecular complexity index is 983. The summed E-state index contributed by atoms with van der Waals surface area (Å²) in [7, 11) is 0. The summed E-state index contributed by atoms with van der Waals surface area (Å²) in [6, 6.07) is 14.4. The van der Waals surface area contributed by atoms with Crippen LogP contribution in [-0.2, 0) is 14.3 Å². The smallest absolute Gasteiger partial charge is 0.347 e. The number of nitrogens with zero attached hydrogens (tertiary/aromatic N) is 1. The Morgan fingerprint density at radius 3 is 2.52 bits per heavy atom. The molecule has 1 atom stereocenters. The van der Waals surface area contributed by atoms with E-state index in [0.717, 1.165) is 11.1 Å². The summed E-state index contributed by atoms with van der Waals surface area (Å²) in [6.07, 6.45) is -0.966. The van der Waals surface area contributed by atoms with Crippen LogP contribution in [0.1, 0.15) is 12.5 Å². The fraction of sp³-hybridized carbons (Fsp3) is 0.190. The van der Waals surface area contributed by atoms with Crippen molar-refractivity contribution in [3.05, 3.63) is 66.0 Å². The number of anilines is 1. The third-order valence-corrected chi connectivity index (χ3v) is 3.92. The molecule has 0 unspecified atom stereocenters. The average Bonchev–Trinajstić information content (AvgIpc) is 3.16. The summed E-state index contributed by atoms with van der Waals surface area (Å²) in [6.45, 7) is 2.93. The van der Waals surface area contributed by atoms with Crippen LogP contribution in [0.25, 0.3) is 11.3 Å². The Balaban J connectivity index is 1.47. The van der Waals surface area contributed by atoms with Crippen molar-refractivity contribution in [2.75, 3.05) is 11.9 Å². The van der Waals surface area contributed by atoms with Crippen LogP contribution in [0.5, 0.6) is 5.75 Å². The second-order valence-corrected chi connectivity index (χ2v) is 6.31. The van der Waals surface area contributed by atoms with Crippen molar-refractivity contribution in [3.63, 3.8) is 0 Å². The number of hydrogen-bond acceptors (Lipinski definition) is 6. The third-order valence-electron chi connectivity index (χ3n) is 3.92. The van der Waals surface area contributed by atoms with Crippen LogP contribution in [0.15, 0.2) is 59.1 Å². The summed E-state index contributed by atoms with van der Waals surface area (Å²) < 4.78 is 28.2. The number of aryl methyl sites for hydroxylation is 1. The number of halogens is 1. The van der Waals surface area contributed by atoms with Crippen molar-refractivity contribution in [1.29, 1.82) is 0 Å². The van der Waals surface area contributed by atoms with Crippen LogP contribution in [0.2, 0.25) is 0 Å². The molecule has 1 amide bonds. The molecular weight excluding hydrogens is 379 g/mol. The lowest BCUT2D eigenvalue weighted by atomic mass is 10.1. The zero-order chi connectivity index (χ0) is 20.8. The summed E-state index contributed by atoms with van der Waals surface area (Å²) >= 11 is 0. The van der Waals surface area contributed by atoms with E-state index in [9.17, 15) is 14.0 Å². The standard InChI is InChI=1S/C21H19FN2O5/c1-13-3-5-15(6-4-13)18-11-20(29-24-18)23-19(25)12-27-21(26)14(2)28-17-9-7-16(22)8-10-17/h3-11,14H,12H2,1-2H3,(H,23,25)/t14-/m0/s1. The Hall–Kier alpha value is -3.68. The first-order chi connectivity index (χ1) is 13.9. The molecule has 150 valence electrons. The van der Waals surface area contributed by atoms with E-state index in [1.807, 2.05) is 31.2 Å². The van der Waals surface area contributed by atoms with Crippen LogP contribution < -0.4 is 10.1 Å². The lowest BCUT2D eigenvalue weighted by molar-refractivity contribution is -0.153. The SMILES string of the molecule is Cc1ccc(-c2cc(NC(=O)COC(=O)[C@H](C)Oc3ccc(F)cc3)on2)cc1. The fourth-order valence-electron chi connectivity index (χ4n) is 2.39. The van der Waals surface area contributed by atoms with Crippen LogP contribution in [0.4, 0.5) is 10.3 Å². The van der Waals surface area contributed by atoms with Crippen molar-refractivity contribution in [1.82, 2.24) is 5.16 Å². The Morgan fingerprint density at radius 1 is 1.14 bits per heavy atom. The first-order valence-corrected chi connectivity index (χ1v) is 8.83. The number of rotatable bonds is 7. The molecule has 0 aliphatic carbocycles. The van der Waals surface area contributed by atoms with Crippen LogP contribution in [0.3, 0.4) is 0 Å². The predicted octanol–water partition coefficient (Wildman–Crippen LogP) is 3.74. The molecule has 0 saturated heterocycles. The molecule has 8 heteroatoms. The molecule has 0 saturated carbocycles. The molecule has 0 fully saturated rings. The zero-order valence-corrected chi connectivity index (χ0v) is 15.8. The van der Waals surface area contributed by atoms with E-state index in [4.69, 9.17) is 14.0 Å². The quantitative estimate of drug-likeness (QED) is 0.610. The van der Waals surface area contributed by atoms with Crippen LogP contribution in [0, 0.1) is 12.7 Å². The summed E-state index contributed by atoms with van der Waals surface area (Å²) in [5, 5.41) is 6.37. The van der Waals surface area contributed by atoms with Gasteiger partial charge in [-0.15, -0.1) is 0 Å². The maximum absolute atomic E-state index is 12.9. The van der Waals surface area contributed by atoms with Gasteiger partial charge in [0.05, 0.1) is 0 Å². The molecule has 7 nitrogen and oxygen atoms in total. The summed E-state index contributed by atoms with van der Waals surface area (Å²) in [4.78, 5) is 23.9. The molecular formula is C21H19FN2O5. The van der Waals surface area contributed by atoms with Gasteiger partial charge in [0, 0.05) is 11.6 Å². The fourth-order valence-corrected chi connectivity index (χ4v) is 2.39. The highest BCUT2D eigenvalue weighted by Crippen LogP contribution is 2.22. The van der Waals surface area contributed by atoms with E-state index in [0.29, 0.717) is 11.4 Å². The topological polar surface area (TPSA) is 90.7 Å². The number of benzene rings is 2. The van der Waals surface area contributed by atoms with Gasteiger partial charge in [-0.2, -0.15) is 0 Å². The lowest BCUT2D eigenvalue weighted by Crippen LogP contribution is -2.29. The van der Waals surface area contributed by atoms with Gasteiger partial charge in [0.2, 0.25) is 5.88 Å². The monoisotopic (exact) mass is 398 g/mol. The number of ether oxygens (including phenoxy) is 2. The van der Waals surface area contributed by atoms with Gasteiger partial charge in [0.25, 0.3) is 5.91 Å². The lowest BCUT2D eigenvalue weighted by Gasteiger charge is -2.13. The van der Waals surface area contributed by atoms with Gasteiger partial charge in [-0.05, 0) is 38.1 Å². The molecule has 29 heavy (non-hydrogen) atoms. The minimum Gasteiger partial charge on any atom is -0.479 e. The largest absolute Gasteiger partial charge is 0.479 e. The number of esters is 1. The molecule has 0 spiro atoms. The molecule has 2 aromatic carbocycles. The van der Waals surface area contributed by atoms with Crippen molar-refractivity contribution >= 4 is 17.8 Å². The molecule has 3 rings (SSSR count). The molecule has 0 aliphatic heterocycles. The first kappa shape index (κ1) is 20.1. The Kier molecular flexibility index (Phi) is 6.23. The van der Waals surface area contributed by atoms with E-state index in [2.05, 4.69) is 10.5 Å². The number of carbonyl (C=O) groups is 2. The van der Waals surface area contributed by atoms with Crippen LogP contribution >= 0.6 is 0 Å². The molecule has 1 heterocycles. The summed E-state index contributed by atoms with van der Waals surface area (Å²) in [5.41, 5.74) is 2.53. The summed E-state index contributed by atoms with van der Waals surface area (Å²) in [5.74, 6) is -1.29. The van der Waals surface area contributed by atoms with Gasteiger partial charge in [0.1, 0.15) is 17.3 Å². The first-order valence-electron chi connectivity index (χ1n) is 8.83. The van der Waals surface area contributed by atoms with E-state index in [-0.39, 0.29) is 5.88 Å². The highest BCUT2D eigenvalue weighted by atomic mass is 19.1. The van der Waals surface area contributed by atoms with Crippen molar-refractivity contribution < 1.29 is 28.0 Å². The van der Waals surface area contributed by atoms with Gasteiger partial charge >= 0.3 is 5.97 Å². The number of carbonyl (C=O) groups excluding carboxylic acids is 2. The van der Waals surface area contributed by atoms with Crippen LogP contribution in [-0.4, -0.2) is 29.7 Å². The molecule has 0 aliphatic rings. The maximum Gasteiger partial charge on any atom is 0.347 e. The van der Waals surface area contributed by atoms with E-state index in [1.165, 1.54) is 31.2 Å². The second kappa shape index (κ2) is 9.01. The predicted molar refractivity (Wildman–Crippen MR) is 103 cm³/mol. The normalized spacial score (nSPS) is 11.6. The second-order valence-electron chi connectivity index (χ2n) is 6.31. The zero-order valence-electron chi connectivity index (χ0n) is 15.8. The van der Waals surface area contributed by atoms with Crippen molar-refractivity contribution in [3.8, 4) is 17.0 Å². The Morgan fingerprint density at radius 2 is 1.83 bits per heavy atom. The highest BCUT2D eigenvalue weighted by Gasteiger charge is 2.18. The molecule has 3 aromatic rings. The van der Waals surface area contributed by atoms with Gasteiger partial charge in [0.15, 0.2) is 12.7 Å². The van der Waals surface area contributed by atoms with Gasteiger partial charge in [-0.1, -0.05) is 35.0 Å². The highest BCUT2D eigenvalue weighted by molar-refractivity contribution is 5.92. The maximum atomic E-state index is 12.9. The average molecular weight is 398 g/mol. The van der Waals surface area contributed by atoms with Gasteiger partial charge < -0.3 is 14.0 Å². The minimum absolute atomic E-state index is 0.136. The third kappa shape index (κ3) is 5.65. The number of aromatic nitrogens is 1. The number of amides is 1.